The Morgan fingerprint density at radius 3 is 2.73 bits per heavy atom. The number of hydrogen-bond donors (Lipinski definition) is 1. The highest BCUT2D eigenvalue weighted by atomic mass is 15.3. The predicted octanol–water partition coefficient (Wildman–Crippen LogP) is 0.996. The van der Waals surface area contributed by atoms with Crippen LogP contribution in [0, 0.1) is 6.42 Å². The van der Waals surface area contributed by atoms with Crippen molar-refractivity contribution in [2.24, 2.45) is 0 Å². The van der Waals surface area contributed by atoms with Gasteiger partial charge in [-0.25, -0.2) is 0 Å². The Morgan fingerprint density at radius 1 is 1.27 bits per heavy atom. The summed E-state index contributed by atoms with van der Waals surface area (Å²) < 4.78 is 0. The fraction of sp³-hybridized carbons (Fsp3) is 0.889. The van der Waals surface area contributed by atoms with Gasteiger partial charge in [-0.1, -0.05) is 0 Å². The van der Waals surface area contributed by atoms with Crippen LogP contribution in [0.5, 0.6) is 0 Å². The van der Waals surface area contributed by atoms with Crippen molar-refractivity contribution in [2.45, 2.75) is 31.8 Å². The minimum Gasteiger partial charge on any atom is -0.302 e. The van der Waals surface area contributed by atoms with Crippen molar-refractivity contribution in [3.8, 4) is 0 Å². The summed E-state index contributed by atoms with van der Waals surface area (Å²) in [6, 6.07) is 0. The molecule has 2 saturated heterocycles. The van der Waals surface area contributed by atoms with E-state index >= 15 is 0 Å². The minimum atomic E-state index is 0.712. The Balaban J connectivity index is 1.82. The van der Waals surface area contributed by atoms with Crippen molar-refractivity contribution < 1.29 is 0 Å². The van der Waals surface area contributed by atoms with Gasteiger partial charge in [0.05, 0.1) is 6.17 Å². The van der Waals surface area contributed by atoms with Gasteiger partial charge < -0.3 is 5.32 Å². The molecule has 2 heteroatoms. The lowest BCUT2D eigenvalue weighted by Crippen LogP contribution is -2.44. The summed E-state index contributed by atoms with van der Waals surface area (Å²) >= 11 is 0. The smallest absolute Gasteiger partial charge is 0.0597 e. The molecule has 1 radical (unpaired) electrons. The zero-order valence-corrected chi connectivity index (χ0v) is 7.05. The second-order valence-corrected chi connectivity index (χ2v) is 3.51. The molecule has 0 amide bonds. The molecule has 2 fully saturated rings. The third-order valence-corrected chi connectivity index (χ3v) is 2.72. The van der Waals surface area contributed by atoms with Gasteiger partial charge in [0.1, 0.15) is 0 Å². The topological polar surface area (TPSA) is 15.3 Å². The number of nitrogens with one attached hydrogen (secondary N) is 1. The molecule has 2 aliphatic heterocycles. The van der Waals surface area contributed by atoms with Crippen LogP contribution >= 0.6 is 0 Å². The molecule has 0 aromatic heterocycles. The highest BCUT2D eigenvalue weighted by Gasteiger charge is 2.22. The van der Waals surface area contributed by atoms with E-state index in [1.807, 2.05) is 0 Å². The van der Waals surface area contributed by atoms with E-state index in [1.165, 1.54) is 45.3 Å². The van der Waals surface area contributed by atoms with Gasteiger partial charge in [-0.05, 0) is 51.7 Å². The molecule has 63 valence electrons. The minimum absolute atomic E-state index is 0.712. The summed E-state index contributed by atoms with van der Waals surface area (Å²) in [5.74, 6) is 0. The summed E-state index contributed by atoms with van der Waals surface area (Å²) in [6.07, 6.45) is 8.43. The maximum absolute atomic E-state index is 3.54. The van der Waals surface area contributed by atoms with Crippen LogP contribution in [-0.2, 0) is 0 Å². The Bertz CT molecular complexity index is 113. The highest BCUT2D eigenvalue weighted by molar-refractivity contribution is 4.82. The first-order chi connectivity index (χ1) is 5.47. The number of likely N-dealkylation sites (tertiary alicyclic amines) is 1. The average molecular weight is 153 g/mol. The van der Waals surface area contributed by atoms with E-state index in [0.29, 0.717) is 6.17 Å². The van der Waals surface area contributed by atoms with Gasteiger partial charge in [0, 0.05) is 0 Å². The van der Waals surface area contributed by atoms with Gasteiger partial charge in [0.15, 0.2) is 0 Å². The molecule has 2 nitrogen and oxygen atoms in total. The SMILES string of the molecule is [CH]1CCN(C2CCCN2)CC1. The largest absolute Gasteiger partial charge is 0.302 e. The van der Waals surface area contributed by atoms with Crippen LogP contribution < -0.4 is 5.32 Å². The number of rotatable bonds is 1. The molecule has 2 rings (SSSR count). The molecule has 1 unspecified atom stereocenters. The summed E-state index contributed by atoms with van der Waals surface area (Å²) in [6.45, 7) is 3.78. The Morgan fingerprint density at radius 2 is 2.09 bits per heavy atom. The zero-order valence-electron chi connectivity index (χ0n) is 7.05. The van der Waals surface area contributed by atoms with Crippen LogP contribution in [-0.4, -0.2) is 30.7 Å². The lowest BCUT2D eigenvalue weighted by molar-refractivity contribution is 0.168. The molecule has 0 aliphatic carbocycles. The second kappa shape index (κ2) is 3.55. The van der Waals surface area contributed by atoms with Gasteiger partial charge in [-0.15, -0.1) is 0 Å². The normalized spacial score (nSPS) is 34.4. The van der Waals surface area contributed by atoms with Crippen LogP contribution in [0.15, 0.2) is 0 Å². The zero-order chi connectivity index (χ0) is 7.52. The van der Waals surface area contributed by atoms with Crippen LogP contribution in [0.1, 0.15) is 25.7 Å². The Kier molecular flexibility index (Phi) is 2.44. The van der Waals surface area contributed by atoms with E-state index in [-0.39, 0.29) is 0 Å². The van der Waals surface area contributed by atoms with Gasteiger partial charge in [-0.3, -0.25) is 4.90 Å². The van der Waals surface area contributed by atoms with Crippen LogP contribution in [0.3, 0.4) is 0 Å². The third-order valence-electron chi connectivity index (χ3n) is 2.72. The molecule has 0 bridgehead atoms. The summed E-state index contributed by atoms with van der Waals surface area (Å²) in [5.41, 5.74) is 0. The lowest BCUT2D eigenvalue weighted by Gasteiger charge is -2.31. The number of nitrogens with zero attached hydrogens (tertiary/aromatic N) is 1. The van der Waals surface area contributed by atoms with Crippen molar-refractivity contribution in [3.63, 3.8) is 0 Å². The first kappa shape index (κ1) is 7.56. The molecule has 11 heavy (non-hydrogen) atoms. The van der Waals surface area contributed by atoms with Gasteiger partial charge in [0.2, 0.25) is 0 Å². The summed E-state index contributed by atoms with van der Waals surface area (Å²) in [7, 11) is 0. The summed E-state index contributed by atoms with van der Waals surface area (Å²) in [5, 5.41) is 3.54. The lowest BCUT2D eigenvalue weighted by atomic mass is 10.1. The van der Waals surface area contributed by atoms with Gasteiger partial charge in [0.25, 0.3) is 0 Å². The van der Waals surface area contributed by atoms with E-state index in [9.17, 15) is 0 Å². The Labute approximate surface area is 69.0 Å². The number of hydrogen-bond acceptors (Lipinski definition) is 2. The van der Waals surface area contributed by atoms with Crippen molar-refractivity contribution in [2.75, 3.05) is 19.6 Å². The standard InChI is InChI=1S/C9H17N2/c1-2-7-11(8-3-1)9-5-4-6-10-9/h1,9-10H,2-8H2. The molecule has 0 saturated carbocycles. The molecular formula is C9H17N2. The van der Waals surface area contributed by atoms with E-state index in [1.54, 1.807) is 0 Å². The van der Waals surface area contributed by atoms with E-state index in [2.05, 4.69) is 16.6 Å². The van der Waals surface area contributed by atoms with E-state index in [0.717, 1.165) is 0 Å². The third kappa shape index (κ3) is 1.74. The van der Waals surface area contributed by atoms with Gasteiger partial charge in [-0.2, -0.15) is 0 Å². The maximum Gasteiger partial charge on any atom is 0.0597 e. The van der Waals surface area contributed by atoms with E-state index < -0.39 is 0 Å². The van der Waals surface area contributed by atoms with Crippen molar-refractivity contribution >= 4 is 0 Å². The van der Waals surface area contributed by atoms with E-state index in [4.69, 9.17) is 0 Å². The van der Waals surface area contributed by atoms with Crippen molar-refractivity contribution in [1.29, 1.82) is 0 Å². The molecule has 2 aliphatic rings. The molecule has 1 N–H and O–H groups in total. The summed E-state index contributed by atoms with van der Waals surface area (Å²) in [4.78, 5) is 2.59. The average Bonchev–Trinajstić information content (AvgIpc) is 2.58. The molecule has 2 heterocycles. The van der Waals surface area contributed by atoms with Crippen LogP contribution in [0.2, 0.25) is 0 Å². The van der Waals surface area contributed by atoms with Crippen LogP contribution in [0.4, 0.5) is 0 Å². The predicted molar refractivity (Wildman–Crippen MR) is 46.1 cm³/mol. The van der Waals surface area contributed by atoms with Gasteiger partial charge >= 0.3 is 0 Å². The first-order valence-corrected chi connectivity index (χ1v) is 4.76. The molecule has 1 atom stereocenters. The maximum atomic E-state index is 3.54. The number of piperidine rings is 1. The highest BCUT2D eigenvalue weighted by Crippen LogP contribution is 2.15. The second-order valence-electron chi connectivity index (χ2n) is 3.51. The fourth-order valence-corrected chi connectivity index (χ4v) is 2.06. The quantitative estimate of drug-likeness (QED) is 0.604. The van der Waals surface area contributed by atoms with Crippen molar-refractivity contribution in [1.82, 2.24) is 10.2 Å². The molecular weight excluding hydrogens is 136 g/mol. The Hall–Kier alpha value is -0.0800. The monoisotopic (exact) mass is 153 g/mol. The molecule has 0 aromatic rings. The molecule has 0 spiro atoms. The van der Waals surface area contributed by atoms with Crippen LogP contribution in [0.25, 0.3) is 0 Å². The first-order valence-electron chi connectivity index (χ1n) is 4.76. The fourth-order valence-electron chi connectivity index (χ4n) is 2.06. The molecule has 0 aromatic carbocycles. The van der Waals surface area contributed by atoms with Crippen molar-refractivity contribution in [3.05, 3.63) is 6.42 Å².